The van der Waals surface area contributed by atoms with E-state index >= 15 is 0 Å². The third-order valence-electron chi connectivity index (χ3n) is 8.37. The molecule has 224 valence electrons. The van der Waals surface area contributed by atoms with Gasteiger partial charge in [0.25, 0.3) is 0 Å². The Hall–Kier alpha value is -4.08. The first-order valence-corrected chi connectivity index (χ1v) is 15.4. The molecule has 0 bridgehead atoms. The van der Waals surface area contributed by atoms with E-state index in [0.29, 0.717) is 47.3 Å². The first-order valence-electron chi connectivity index (χ1n) is 14.6. The number of likely N-dealkylation sites (tertiary alicyclic amines) is 1. The van der Waals surface area contributed by atoms with Crippen LogP contribution in [-0.2, 0) is 11.2 Å². The maximum absolute atomic E-state index is 13.5. The molecule has 2 aliphatic heterocycles. The van der Waals surface area contributed by atoms with E-state index in [-0.39, 0.29) is 24.3 Å². The lowest BCUT2D eigenvalue weighted by Crippen LogP contribution is -2.50. The number of imidazole rings is 1. The first kappa shape index (κ1) is 29.0. The maximum Gasteiger partial charge on any atom is 0.236 e. The van der Waals surface area contributed by atoms with Gasteiger partial charge in [0.05, 0.1) is 24.6 Å². The van der Waals surface area contributed by atoms with Gasteiger partial charge in [-0.05, 0) is 49.2 Å². The second kappa shape index (κ2) is 12.3. The van der Waals surface area contributed by atoms with Crippen LogP contribution in [0.1, 0.15) is 23.9 Å². The number of benzene rings is 1. The van der Waals surface area contributed by atoms with Crippen molar-refractivity contribution in [2.45, 2.75) is 19.8 Å². The number of fused-ring (bicyclic) bond motifs is 1. The molecule has 1 atom stereocenters. The molecule has 6 rings (SSSR count). The molecule has 12 heteroatoms. The molecule has 0 radical (unpaired) electrons. The number of anilines is 3. The fraction of sp³-hybridized carbons (Fsp3) is 0.419. The molecule has 0 spiro atoms. The number of thiazole rings is 1. The molecule has 9 nitrogen and oxygen atoms in total. The highest BCUT2D eigenvalue weighted by Crippen LogP contribution is 2.37. The van der Waals surface area contributed by atoms with Gasteiger partial charge in [-0.3, -0.25) is 18.5 Å². The zero-order chi connectivity index (χ0) is 30.1. The van der Waals surface area contributed by atoms with Crippen LogP contribution >= 0.6 is 11.3 Å². The van der Waals surface area contributed by atoms with Crippen LogP contribution in [0.25, 0.3) is 16.9 Å². The summed E-state index contributed by atoms with van der Waals surface area (Å²) in [6, 6.07) is 12.4. The van der Waals surface area contributed by atoms with Crippen LogP contribution in [0.3, 0.4) is 0 Å². The Kier molecular flexibility index (Phi) is 8.27. The molecule has 4 aromatic rings. The second-order valence-electron chi connectivity index (χ2n) is 11.1. The van der Waals surface area contributed by atoms with E-state index in [1.807, 2.05) is 18.0 Å². The minimum Gasteiger partial charge on any atom is -0.368 e. The molecular formula is C31H34F2N8OS. The van der Waals surface area contributed by atoms with Crippen LogP contribution in [0, 0.1) is 23.1 Å². The monoisotopic (exact) mass is 604 g/mol. The zero-order valence-electron chi connectivity index (χ0n) is 24.3. The summed E-state index contributed by atoms with van der Waals surface area (Å²) in [5.74, 6) is 0.615. The van der Waals surface area contributed by atoms with Crippen LogP contribution in [0.15, 0.2) is 42.6 Å². The van der Waals surface area contributed by atoms with Crippen molar-refractivity contribution in [1.29, 1.82) is 5.26 Å². The Morgan fingerprint density at radius 1 is 1.12 bits per heavy atom. The number of alkyl halides is 1. The SMILES string of the molecule is CCc1nc2ccc(N3CCN(CC(=O)N4CCC(CF)C4)CC3)cn2c1N(C)c1nc(-c2ccc(F)cc2)c(C#N)s1. The van der Waals surface area contributed by atoms with Gasteiger partial charge in [-0.1, -0.05) is 18.3 Å². The molecule has 2 fully saturated rings. The third-order valence-corrected chi connectivity index (χ3v) is 9.41. The number of hydrogen-bond acceptors (Lipinski definition) is 8. The Morgan fingerprint density at radius 3 is 2.56 bits per heavy atom. The first-order chi connectivity index (χ1) is 20.9. The van der Waals surface area contributed by atoms with Gasteiger partial charge in [0.15, 0.2) is 5.13 Å². The molecule has 2 aliphatic rings. The van der Waals surface area contributed by atoms with Crippen molar-refractivity contribution in [3.05, 3.63) is 59.0 Å². The maximum atomic E-state index is 13.5. The van der Waals surface area contributed by atoms with Gasteiger partial charge in [-0.2, -0.15) is 5.26 Å². The number of aromatic nitrogens is 3. The molecule has 1 amide bonds. The number of pyridine rings is 1. The van der Waals surface area contributed by atoms with Crippen molar-refractivity contribution in [2.24, 2.45) is 5.92 Å². The lowest BCUT2D eigenvalue weighted by molar-refractivity contribution is -0.131. The van der Waals surface area contributed by atoms with Crippen molar-refractivity contribution in [1.82, 2.24) is 24.2 Å². The van der Waals surface area contributed by atoms with Gasteiger partial charge in [0.1, 0.15) is 33.9 Å². The van der Waals surface area contributed by atoms with Gasteiger partial charge in [-0.25, -0.2) is 14.4 Å². The fourth-order valence-electron chi connectivity index (χ4n) is 5.91. The minimum absolute atomic E-state index is 0.0168. The van der Waals surface area contributed by atoms with E-state index < -0.39 is 0 Å². The van der Waals surface area contributed by atoms with Gasteiger partial charge in [-0.15, -0.1) is 0 Å². The molecule has 0 saturated carbocycles. The molecule has 0 aliphatic carbocycles. The van der Waals surface area contributed by atoms with Gasteiger partial charge >= 0.3 is 0 Å². The number of piperazine rings is 1. The topological polar surface area (TPSA) is 84.0 Å². The van der Waals surface area contributed by atoms with E-state index in [2.05, 4.69) is 39.5 Å². The standard InChI is InChI=1S/C31H34F2N8OS/c1-3-25-30(37(2)31-36-29(26(17-34)43-31)22-4-6-23(33)7-5-22)41-19-24(8-9-27(41)35-25)39-14-12-38(13-15-39)20-28(42)40-11-10-21(16-32)18-40/h4-9,19,21H,3,10-16,18,20H2,1-2H3. The number of rotatable bonds is 8. The van der Waals surface area contributed by atoms with Gasteiger partial charge in [0.2, 0.25) is 5.91 Å². The summed E-state index contributed by atoms with van der Waals surface area (Å²) in [5.41, 5.74) is 4.01. The average Bonchev–Trinajstić information content (AvgIpc) is 3.78. The number of carbonyl (C=O) groups excluding carboxylic acids is 1. The van der Waals surface area contributed by atoms with Crippen molar-refractivity contribution in [3.8, 4) is 17.3 Å². The second-order valence-corrected chi connectivity index (χ2v) is 12.1. The Labute approximate surface area is 253 Å². The summed E-state index contributed by atoms with van der Waals surface area (Å²) >= 11 is 1.29. The van der Waals surface area contributed by atoms with E-state index in [9.17, 15) is 18.8 Å². The summed E-state index contributed by atoms with van der Waals surface area (Å²) in [4.78, 5) is 31.2. The van der Waals surface area contributed by atoms with E-state index in [4.69, 9.17) is 9.97 Å². The van der Waals surface area contributed by atoms with E-state index in [1.165, 1.54) is 23.5 Å². The number of carbonyl (C=O) groups is 1. The molecular weight excluding hydrogens is 570 g/mol. The molecule has 3 aromatic heterocycles. The average molecular weight is 605 g/mol. The number of amides is 1. The molecule has 2 saturated heterocycles. The number of aryl methyl sites for hydroxylation is 1. The lowest BCUT2D eigenvalue weighted by atomic mass is 10.1. The highest BCUT2D eigenvalue weighted by atomic mass is 32.1. The number of hydrogen-bond donors (Lipinski definition) is 0. The normalized spacial score (nSPS) is 17.5. The summed E-state index contributed by atoms with van der Waals surface area (Å²) < 4.78 is 28.6. The van der Waals surface area contributed by atoms with Gasteiger partial charge < -0.3 is 14.7 Å². The Balaban J connectivity index is 1.20. The fourth-order valence-corrected chi connectivity index (χ4v) is 6.76. The third kappa shape index (κ3) is 5.79. The Bertz CT molecular complexity index is 1650. The molecule has 0 N–H and O–H groups in total. The minimum atomic E-state index is -0.358. The molecule has 1 unspecified atom stereocenters. The molecule has 1 aromatic carbocycles. The van der Waals surface area contributed by atoms with Crippen molar-refractivity contribution in [2.75, 3.05) is 69.3 Å². The van der Waals surface area contributed by atoms with Crippen LogP contribution < -0.4 is 9.80 Å². The quantitative estimate of drug-likeness (QED) is 0.287. The van der Waals surface area contributed by atoms with Crippen LogP contribution in [0.4, 0.5) is 25.4 Å². The summed E-state index contributed by atoms with van der Waals surface area (Å²) in [7, 11) is 1.93. The highest BCUT2D eigenvalue weighted by Gasteiger charge is 2.28. The van der Waals surface area contributed by atoms with Crippen molar-refractivity contribution >= 4 is 39.5 Å². The predicted molar refractivity (Wildman–Crippen MR) is 164 cm³/mol. The van der Waals surface area contributed by atoms with Crippen LogP contribution in [-0.4, -0.2) is 89.6 Å². The Morgan fingerprint density at radius 2 is 1.88 bits per heavy atom. The largest absolute Gasteiger partial charge is 0.368 e. The molecule has 43 heavy (non-hydrogen) atoms. The number of nitriles is 1. The van der Waals surface area contributed by atoms with E-state index in [0.717, 1.165) is 55.4 Å². The van der Waals surface area contributed by atoms with Gasteiger partial charge in [0, 0.05) is 64.0 Å². The lowest BCUT2D eigenvalue weighted by Gasteiger charge is -2.36. The zero-order valence-corrected chi connectivity index (χ0v) is 25.2. The number of halogens is 2. The summed E-state index contributed by atoms with van der Waals surface area (Å²) in [6.45, 7) is 6.37. The van der Waals surface area contributed by atoms with E-state index in [1.54, 1.807) is 17.0 Å². The number of nitrogens with zero attached hydrogens (tertiary/aromatic N) is 8. The summed E-state index contributed by atoms with van der Waals surface area (Å²) in [6.07, 6.45) is 3.56. The highest BCUT2D eigenvalue weighted by molar-refractivity contribution is 7.16. The molecule has 5 heterocycles. The summed E-state index contributed by atoms with van der Waals surface area (Å²) in [5, 5.41) is 10.5. The van der Waals surface area contributed by atoms with Crippen molar-refractivity contribution < 1.29 is 13.6 Å². The smallest absolute Gasteiger partial charge is 0.236 e. The van der Waals surface area contributed by atoms with Crippen molar-refractivity contribution in [3.63, 3.8) is 0 Å². The van der Waals surface area contributed by atoms with Crippen LogP contribution in [0.2, 0.25) is 0 Å². The van der Waals surface area contributed by atoms with Crippen LogP contribution in [0.5, 0.6) is 0 Å². The predicted octanol–water partition coefficient (Wildman–Crippen LogP) is 4.74.